The first-order valence-corrected chi connectivity index (χ1v) is 9.26. The number of anilines is 2. The van der Waals surface area contributed by atoms with Gasteiger partial charge in [0.1, 0.15) is 22.2 Å². The summed E-state index contributed by atoms with van der Waals surface area (Å²) < 4.78 is 52.7. The van der Waals surface area contributed by atoms with Crippen molar-refractivity contribution < 1.29 is 27.2 Å². The van der Waals surface area contributed by atoms with Crippen LogP contribution in [0, 0.1) is 19.7 Å². The van der Waals surface area contributed by atoms with E-state index in [1.807, 2.05) is 0 Å². The summed E-state index contributed by atoms with van der Waals surface area (Å²) in [5.74, 6) is -2.78. The number of nitrogens with zero attached hydrogens (tertiary/aromatic N) is 2. The number of carbonyl (C=O) groups is 2. The number of benzene rings is 1. The lowest BCUT2D eigenvalue weighted by Gasteiger charge is -2.12. The van der Waals surface area contributed by atoms with E-state index in [2.05, 4.69) is 20.6 Å². The van der Waals surface area contributed by atoms with Crippen LogP contribution in [0.5, 0.6) is 0 Å². The lowest BCUT2D eigenvalue weighted by atomic mass is 10.1. The van der Waals surface area contributed by atoms with Crippen LogP contribution in [-0.4, -0.2) is 21.8 Å². The zero-order valence-corrected chi connectivity index (χ0v) is 16.4. The van der Waals surface area contributed by atoms with Gasteiger partial charge in [0.2, 0.25) is 0 Å². The van der Waals surface area contributed by atoms with Gasteiger partial charge in [0.05, 0.1) is 16.8 Å². The molecular weight excluding hydrogens is 424 g/mol. The quantitative estimate of drug-likeness (QED) is 0.573. The molecule has 11 heteroatoms. The summed E-state index contributed by atoms with van der Waals surface area (Å²) in [6.07, 6.45) is -3.30. The van der Waals surface area contributed by atoms with Crippen LogP contribution in [0.1, 0.15) is 36.3 Å². The number of pyridine rings is 1. The van der Waals surface area contributed by atoms with Crippen molar-refractivity contribution in [3.05, 3.63) is 69.1 Å². The van der Waals surface area contributed by atoms with Crippen molar-refractivity contribution in [3.8, 4) is 0 Å². The van der Waals surface area contributed by atoms with Crippen molar-refractivity contribution in [3.63, 3.8) is 0 Å². The largest absolute Gasteiger partial charge is 0.433 e. The monoisotopic (exact) mass is 438 g/mol. The molecule has 3 rings (SSSR count). The molecule has 1 aromatic carbocycles. The topological polar surface area (TPSA) is 84.0 Å². The molecule has 0 aliphatic rings. The molecular formula is C19H14F4N4O2S. The fourth-order valence-corrected chi connectivity index (χ4v) is 3.15. The van der Waals surface area contributed by atoms with Crippen LogP contribution in [0.25, 0.3) is 0 Å². The summed E-state index contributed by atoms with van der Waals surface area (Å²) in [6.45, 7) is 3.27. The Hall–Kier alpha value is -3.34. The first-order chi connectivity index (χ1) is 14.0. The lowest BCUT2D eigenvalue weighted by molar-refractivity contribution is -0.141. The molecule has 0 bridgehead atoms. The maximum absolute atomic E-state index is 14.3. The third-order valence-corrected chi connectivity index (χ3v) is 4.84. The van der Waals surface area contributed by atoms with Crippen LogP contribution in [0.4, 0.5) is 29.1 Å². The Kier molecular flexibility index (Phi) is 5.83. The molecule has 6 nitrogen and oxygen atoms in total. The molecule has 0 aliphatic carbocycles. The van der Waals surface area contributed by atoms with Crippen molar-refractivity contribution >= 4 is 34.7 Å². The molecule has 2 amide bonds. The van der Waals surface area contributed by atoms with Crippen molar-refractivity contribution in [2.24, 2.45) is 0 Å². The SMILES string of the molecule is Cc1ncc(C(=O)Nc2cc(C(=O)Nc3cccc(C(F)(F)F)n3)c(F)cc2C)s1. The molecule has 0 unspecified atom stereocenters. The van der Waals surface area contributed by atoms with E-state index in [1.54, 1.807) is 6.92 Å². The fourth-order valence-electron chi connectivity index (χ4n) is 2.48. The average molecular weight is 438 g/mol. The number of nitrogens with one attached hydrogen (secondary N) is 2. The number of carbonyl (C=O) groups excluding carboxylic acids is 2. The van der Waals surface area contributed by atoms with E-state index in [0.29, 0.717) is 15.4 Å². The molecule has 2 heterocycles. The maximum Gasteiger partial charge on any atom is 0.433 e. The zero-order chi connectivity index (χ0) is 22.1. The van der Waals surface area contributed by atoms with Crippen molar-refractivity contribution in [2.45, 2.75) is 20.0 Å². The molecule has 2 aromatic heterocycles. The summed E-state index contributed by atoms with van der Waals surface area (Å²) in [5, 5.41) is 5.40. The van der Waals surface area contributed by atoms with Crippen LogP contribution in [0.15, 0.2) is 36.5 Å². The lowest BCUT2D eigenvalue weighted by Crippen LogP contribution is -2.18. The minimum absolute atomic E-state index is 0.176. The van der Waals surface area contributed by atoms with Gasteiger partial charge in [-0.25, -0.2) is 14.4 Å². The van der Waals surface area contributed by atoms with Gasteiger partial charge in [-0.15, -0.1) is 11.3 Å². The number of amides is 2. The zero-order valence-electron chi connectivity index (χ0n) is 15.6. The van der Waals surface area contributed by atoms with Gasteiger partial charge in [-0.05, 0) is 43.7 Å². The average Bonchev–Trinajstić information content (AvgIpc) is 3.10. The first kappa shape index (κ1) is 21.4. The summed E-state index contributed by atoms with van der Waals surface area (Å²) in [6, 6.07) is 5.12. The third-order valence-electron chi connectivity index (χ3n) is 3.93. The molecule has 0 fully saturated rings. The van der Waals surface area contributed by atoms with Crippen LogP contribution in [0.2, 0.25) is 0 Å². The Morgan fingerprint density at radius 2 is 1.80 bits per heavy atom. The van der Waals surface area contributed by atoms with Crippen LogP contribution in [0.3, 0.4) is 0 Å². The number of hydrogen-bond donors (Lipinski definition) is 2. The van der Waals surface area contributed by atoms with E-state index in [-0.39, 0.29) is 11.5 Å². The summed E-state index contributed by atoms with van der Waals surface area (Å²) in [7, 11) is 0. The van der Waals surface area contributed by atoms with Crippen LogP contribution in [-0.2, 0) is 6.18 Å². The number of aryl methyl sites for hydroxylation is 2. The van der Waals surface area contributed by atoms with Crippen LogP contribution >= 0.6 is 11.3 Å². The number of thiazole rings is 1. The fraction of sp³-hybridized carbons (Fsp3) is 0.158. The van der Waals surface area contributed by atoms with Crippen LogP contribution < -0.4 is 10.6 Å². The number of alkyl halides is 3. The van der Waals surface area contributed by atoms with E-state index in [9.17, 15) is 27.2 Å². The van der Waals surface area contributed by atoms with E-state index >= 15 is 0 Å². The number of rotatable bonds is 4. The van der Waals surface area contributed by atoms with Crippen molar-refractivity contribution in [2.75, 3.05) is 10.6 Å². The molecule has 0 radical (unpaired) electrons. The molecule has 2 N–H and O–H groups in total. The Bertz CT molecular complexity index is 1130. The highest BCUT2D eigenvalue weighted by atomic mass is 32.1. The van der Waals surface area contributed by atoms with Gasteiger partial charge < -0.3 is 10.6 Å². The molecule has 156 valence electrons. The van der Waals surface area contributed by atoms with Crippen molar-refractivity contribution in [1.82, 2.24) is 9.97 Å². The number of hydrogen-bond acceptors (Lipinski definition) is 5. The Morgan fingerprint density at radius 3 is 2.43 bits per heavy atom. The van der Waals surface area contributed by atoms with E-state index in [1.165, 1.54) is 13.1 Å². The molecule has 0 saturated carbocycles. The normalized spacial score (nSPS) is 11.3. The number of aromatic nitrogens is 2. The van der Waals surface area contributed by atoms with Gasteiger partial charge in [-0.2, -0.15) is 13.2 Å². The van der Waals surface area contributed by atoms with E-state index < -0.39 is 35.1 Å². The highest BCUT2D eigenvalue weighted by molar-refractivity contribution is 7.13. The summed E-state index contributed by atoms with van der Waals surface area (Å²) in [4.78, 5) is 32.4. The molecule has 0 spiro atoms. The molecule has 0 atom stereocenters. The van der Waals surface area contributed by atoms with Gasteiger partial charge in [-0.3, -0.25) is 9.59 Å². The smallest absolute Gasteiger partial charge is 0.321 e. The Labute approximate surface area is 172 Å². The van der Waals surface area contributed by atoms with Gasteiger partial charge in [-0.1, -0.05) is 6.07 Å². The molecule has 3 aromatic rings. The molecule has 30 heavy (non-hydrogen) atoms. The highest BCUT2D eigenvalue weighted by Crippen LogP contribution is 2.28. The van der Waals surface area contributed by atoms with Gasteiger partial charge in [0, 0.05) is 5.69 Å². The standard InChI is InChI=1S/C19H14F4N4O2S/c1-9-6-12(20)11(7-13(9)25-18(29)14-8-24-10(2)30-14)17(28)27-16-5-3-4-15(26-16)19(21,22)23/h3-8H,1-2H3,(H,25,29)(H,26,27,28). The summed E-state index contributed by atoms with van der Waals surface area (Å²) >= 11 is 1.16. The third kappa shape index (κ3) is 4.79. The van der Waals surface area contributed by atoms with Gasteiger partial charge in [0.15, 0.2) is 0 Å². The summed E-state index contributed by atoms with van der Waals surface area (Å²) in [5.41, 5.74) is -1.13. The first-order valence-electron chi connectivity index (χ1n) is 8.44. The number of halogens is 4. The predicted molar refractivity (Wildman–Crippen MR) is 103 cm³/mol. The van der Waals surface area contributed by atoms with E-state index in [4.69, 9.17) is 0 Å². The predicted octanol–water partition coefficient (Wildman–Crippen LogP) is 4.82. The van der Waals surface area contributed by atoms with Gasteiger partial charge in [0.25, 0.3) is 11.8 Å². The van der Waals surface area contributed by atoms with Gasteiger partial charge >= 0.3 is 6.18 Å². The molecule has 0 aliphatic heterocycles. The second-order valence-corrected chi connectivity index (χ2v) is 7.44. The second-order valence-electron chi connectivity index (χ2n) is 6.20. The Balaban J connectivity index is 1.84. The second kappa shape index (κ2) is 8.19. The highest BCUT2D eigenvalue weighted by Gasteiger charge is 2.32. The minimum atomic E-state index is -4.69. The maximum atomic E-state index is 14.3. The Morgan fingerprint density at radius 1 is 1.07 bits per heavy atom. The molecule has 0 saturated heterocycles. The van der Waals surface area contributed by atoms with E-state index in [0.717, 1.165) is 41.7 Å². The van der Waals surface area contributed by atoms with Crippen molar-refractivity contribution in [1.29, 1.82) is 0 Å². The minimum Gasteiger partial charge on any atom is -0.321 e.